The Bertz CT molecular complexity index is 1410. The molecule has 0 saturated heterocycles. The van der Waals surface area contributed by atoms with E-state index in [1.807, 2.05) is 56.6 Å². The molecule has 1 aliphatic carbocycles. The van der Waals surface area contributed by atoms with E-state index in [1.54, 1.807) is 12.1 Å². The Morgan fingerprint density at radius 1 is 1.12 bits per heavy atom. The molecule has 0 bridgehead atoms. The SMILES string of the molecule is COC(=O)C1(NC(=O)c2ccc(-c3ccccc3CN)c(-c3ccc(Cl)c(OCCCN(C)C)c3)n2)CCC(O)CC1.Cl. The van der Waals surface area contributed by atoms with Gasteiger partial charge in [-0.15, -0.1) is 12.4 Å². The minimum atomic E-state index is -1.23. The van der Waals surface area contributed by atoms with E-state index in [1.165, 1.54) is 7.11 Å². The average molecular weight is 632 g/mol. The first-order chi connectivity index (χ1) is 20.2. The number of amides is 1. The molecule has 11 heteroatoms. The quantitative estimate of drug-likeness (QED) is 0.203. The van der Waals surface area contributed by atoms with Crippen LogP contribution < -0.4 is 15.8 Å². The van der Waals surface area contributed by atoms with Gasteiger partial charge >= 0.3 is 5.97 Å². The van der Waals surface area contributed by atoms with E-state index in [4.69, 9.17) is 31.8 Å². The second-order valence-electron chi connectivity index (χ2n) is 10.9. The van der Waals surface area contributed by atoms with Crippen molar-refractivity contribution >= 4 is 35.9 Å². The third-order valence-corrected chi connectivity index (χ3v) is 7.92. The number of nitrogens with two attached hydrogens (primary N) is 1. The van der Waals surface area contributed by atoms with Crippen LogP contribution in [-0.2, 0) is 16.1 Å². The number of aromatic nitrogens is 1. The number of hydrogen-bond acceptors (Lipinski definition) is 8. The molecule has 0 radical (unpaired) electrons. The van der Waals surface area contributed by atoms with Crippen LogP contribution in [0.25, 0.3) is 22.4 Å². The maximum Gasteiger partial charge on any atom is 0.331 e. The maximum absolute atomic E-state index is 13.6. The zero-order valence-corrected chi connectivity index (χ0v) is 26.3. The van der Waals surface area contributed by atoms with Crippen LogP contribution in [0.4, 0.5) is 0 Å². The van der Waals surface area contributed by atoms with Gasteiger partial charge in [0.25, 0.3) is 5.91 Å². The minimum Gasteiger partial charge on any atom is -0.492 e. The average Bonchev–Trinajstić information content (AvgIpc) is 3.00. The van der Waals surface area contributed by atoms with Crippen molar-refractivity contribution in [3.63, 3.8) is 0 Å². The number of aliphatic hydroxyl groups excluding tert-OH is 1. The normalized spacial score (nSPS) is 18.1. The number of rotatable bonds is 11. The Balaban J connectivity index is 0.00000506. The van der Waals surface area contributed by atoms with E-state index in [0.717, 1.165) is 29.7 Å². The number of carbonyl (C=O) groups is 2. The van der Waals surface area contributed by atoms with E-state index >= 15 is 0 Å². The number of carbonyl (C=O) groups excluding carboxylic acids is 2. The van der Waals surface area contributed by atoms with Crippen molar-refractivity contribution in [1.29, 1.82) is 0 Å². The standard InChI is InChI=1S/C32H39ClN4O5.ClH/c1-37(2)17-6-18-42-28-19-21(9-11-26(28)33)29-25(24-8-5-4-7-22(24)20-34)10-12-27(35-29)30(39)36-32(31(40)41-3)15-13-23(38)14-16-32;/h4-5,7-12,19,23,38H,6,13-18,20,34H2,1-3H3,(H,36,39);1H. The highest BCUT2D eigenvalue weighted by Crippen LogP contribution is 2.37. The summed E-state index contributed by atoms with van der Waals surface area (Å²) in [6, 6.07) is 16.7. The van der Waals surface area contributed by atoms with Gasteiger partial charge < -0.3 is 30.5 Å². The second kappa shape index (κ2) is 15.5. The lowest BCUT2D eigenvalue weighted by atomic mass is 9.80. The van der Waals surface area contributed by atoms with Crippen LogP contribution in [0, 0.1) is 0 Å². The highest BCUT2D eigenvalue weighted by Gasteiger charge is 2.44. The van der Waals surface area contributed by atoms with E-state index in [9.17, 15) is 14.7 Å². The first-order valence-electron chi connectivity index (χ1n) is 14.1. The Morgan fingerprint density at radius 3 is 2.51 bits per heavy atom. The van der Waals surface area contributed by atoms with Crippen LogP contribution in [0.2, 0.25) is 5.02 Å². The van der Waals surface area contributed by atoms with Crippen molar-refractivity contribution in [3.8, 4) is 28.1 Å². The second-order valence-corrected chi connectivity index (χ2v) is 11.3. The molecule has 2 aromatic carbocycles. The summed E-state index contributed by atoms with van der Waals surface area (Å²) in [5.74, 6) is -0.524. The van der Waals surface area contributed by atoms with Crippen LogP contribution in [0.5, 0.6) is 5.75 Å². The van der Waals surface area contributed by atoms with Crippen molar-refractivity contribution in [2.75, 3.05) is 34.4 Å². The number of nitrogens with zero attached hydrogens (tertiary/aromatic N) is 2. The molecule has 3 aromatic rings. The summed E-state index contributed by atoms with van der Waals surface area (Å²) in [6.45, 7) is 1.69. The molecule has 1 amide bonds. The zero-order chi connectivity index (χ0) is 30.3. The number of ether oxygens (including phenoxy) is 2. The smallest absolute Gasteiger partial charge is 0.331 e. The van der Waals surface area contributed by atoms with Crippen LogP contribution in [-0.4, -0.2) is 72.9 Å². The summed E-state index contributed by atoms with van der Waals surface area (Å²) in [7, 11) is 5.31. The summed E-state index contributed by atoms with van der Waals surface area (Å²) >= 11 is 6.49. The predicted molar refractivity (Wildman–Crippen MR) is 171 cm³/mol. The minimum absolute atomic E-state index is 0. The monoisotopic (exact) mass is 630 g/mol. The van der Waals surface area contributed by atoms with Gasteiger partial charge in [-0.05, 0) is 81.6 Å². The fourth-order valence-electron chi connectivity index (χ4n) is 5.26. The van der Waals surface area contributed by atoms with Crippen LogP contribution in [0.15, 0.2) is 54.6 Å². The molecule has 1 aliphatic rings. The lowest BCUT2D eigenvalue weighted by molar-refractivity contribution is -0.150. The van der Waals surface area contributed by atoms with Crippen molar-refractivity contribution in [2.24, 2.45) is 5.73 Å². The molecule has 9 nitrogen and oxygen atoms in total. The molecule has 0 spiro atoms. The highest BCUT2D eigenvalue weighted by atomic mass is 35.5. The molecule has 4 N–H and O–H groups in total. The fraction of sp³-hybridized carbons (Fsp3) is 0.406. The van der Waals surface area contributed by atoms with Gasteiger partial charge in [0, 0.05) is 24.2 Å². The topological polar surface area (TPSA) is 127 Å². The molecule has 0 aliphatic heterocycles. The number of halogens is 2. The first kappa shape index (κ1) is 34.3. The van der Waals surface area contributed by atoms with Gasteiger partial charge in [0.05, 0.1) is 30.5 Å². The molecular weight excluding hydrogens is 591 g/mol. The third-order valence-electron chi connectivity index (χ3n) is 7.60. The van der Waals surface area contributed by atoms with Gasteiger partial charge in [-0.1, -0.05) is 41.9 Å². The van der Waals surface area contributed by atoms with Crippen molar-refractivity contribution in [1.82, 2.24) is 15.2 Å². The van der Waals surface area contributed by atoms with E-state index in [-0.39, 0.29) is 30.9 Å². The third kappa shape index (κ3) is 8.25. The zero-order valence-electron chi connectivity index (χ0n) is 24.8. The number of esters is 1. The van der Waals surface area contributed by atoms with Crippen molar-refractivity contribution < 1.29 is 24.2 Å². The van der Waals surface area contributed by atoms with E-state index in [0.29, 0.717) is 48.0 Å². The molecule has 0 unspecified atom stereocenters. The van der Waals surface area contributed by atoms with Crippen LogP contribution in [0.3, 0.4) is 0 Å². The number of hydrogen-bond donors (Lipinski definition) is 3. The molecule has 1 fully saturated rings. The lowest BCUT2D eigenvalue weighted by Gasteiger charge is -2.36. The number of methoxy groups -OCH3 is 1. The molecule has 232 valence electrons. The summed E-state index contributed by atoms with van der Waals surface area (Å²) in [6.07, 6.45) is 1.61. The number of benzene rings is 2. The van der Waals surface area contributed by atoms with Gasteiger partial charge in [-0.25, -0.2) is 9.78 Å². The van der Waals surface area contributed by atoms with Gasteiger partial charge in [0.1, 0.15) is 17.0 Å². The van der Waals surface area contributed by atoms with Crippen molar-refractivity contribution in [3.05, 3.63) is 70.9 Å². The highest BCUT2D eigenvalue weighted by molar-refractivity contribution is 6.32. The summed E-state index contributed by atoms with van der Waals surface area (Å²) in [4.78, 5) is 33.3. The Kier molecular flexibility index (Phi) is 12.4. The molecule has 1 saturated carbocycles. The van der Waals surface area contributed by atoms with Crippen molar-refractivity contribution in [2.45, 2.75) is 50.3 Å². The largest absolute Gasteiger partial charge is 0.492 e. The summed E-state index contributed by atoms with van der Waals surface area (Å²) in [5, 5.41) is 13.4. The lowest BCUT2D eigenvalue weighted by Crippen LogP contribution is -2.57. The Morgan fingerprint density at radius 2 is 1.84 bits per heavy atom. The molecule has 0 atom stereocenters. The molecule has 1 aromatic heterocycles. The maximum atomic E-state index is 13.6. The molecule has 4 rings (SSSR count). The van der Waals surface area contributed by atoms with Crippen LogP contribution >= 0.6 is 24.0 Å². The van der Waals surface area contributed by atoms with Gasteiger partial charge in [-0.3, -0.25) is 4.79 Å². The van der Waals surface area contributed by atoms with E-state index in [2.05, 4.69) is 10.2 Å². The molecular formula is C32H40Cl2N4O5. The summed E-state index contributed by atoms with van der Waals surface area (Å²) in [5.41, 5.74) is 8.84. The van der Waals surface area contributed by atoms with Gasteiger partial charge in [0.2, 0.25) is 0 Å². The van der Waals surface area contributed by atoms with Gasteiger partial charge in [0.15, 0.2) is 0 Å². The molecule has 1 heterocycles. The number of pyridine rings is 1. The Hall–Kier alpha value is -3.21. The van der Waals surface area contributed by atoms with E-state index < -0.39 is 23.5 Å². The number of aliphatic hydroxyl groups is 1. The summed E-state index contributed by atoms with van der Waals surface area (Å²) < 4.78 is 11.1. The van der Waals surface area contributed by atoms with Crippen LogP contribution in [0.1, 0.15) is 48.2 Å². The van der Waals surface area contributed by atoms with Gasteiger partial charge in [-0.2, -0.15) is 0 Å². The Labute approximate surface area is 264 Å². The predicted octanol–water partition coefficient (Wildman–Crippen LogP) is 4.86. The number of nitrogens with one attached hydrogen (secondary N) is 1. The molecule has 43 heavy (non-hydrogen) atoms. The fourth-order valence-corrected chi connectivity index (χ4v) is 5.43. The first-order valence-corrected chi connectivity index (χ1v) is 14.5.